The number of methoxy groups -OCH3 is 2. The Hall–Kier alpha value is -2.70. The molecule has 0 aliphatic rings. The molecule has 1 heterocycles. The van der Waals surface area contributed by atoms with Crippen molar-refractivity contribution in [1.82, 2.24) is 10.5 Å². The van der Waals surface area contributed by atoms with Crippen LogP contribution in [0.3, 0.4) is 0 Å². The van der Waals surface area contributed by atoms with Gasteiger partial charge in [0.05, 0.1) is 32.0 Å². The number of rotatable bonds is 5. The van der Waals surface area contributed by atoms with Gasteiger partial charge in [-0.25, -0.2) is 0 Å². The number of nitrogen functional groups attached to an aromatic ring is 1. The SMILES string of the molecule is COc1cc(N)c(C(=O)NCc2cc(C)no2)cc1OC. The van der Waals surface area contributed by atoms with Gasteiger partial charge in [0.2, 0.25) is 0 Å². The van der Waals surface area contributed by atoms with Crippen LogP contribution in [0.4, 0.5) is 5.69 Å². The predicted octanol–water partition coefficient (Wildman–Crippen LogP) is 1.51. The van der Waals surface area contributed by atoms with Crippen molar-refractivity contribution in [2.24, 2.45) is 0 Å². The lowest BCUT2D eigenvalue weighted by Crippen LogP contribution is -2.23. The molecule has 0 unspecified atom stereocenters. The van der Waals surface area contributed by atoms with Crippen LogP contribution in [-0.2, 0) is 6.54 Å². The number of aromatic nitrogens is 1. The molecule has 112 valence electrons. The third kappa shape index (κ3) is 3.25. The van der Waals surface area contributed by atoms with E-state index in [1.54, 1.807) is 19.1 Å². The lowest BCUT2D eigenvalue weighted by atomic mass is 10.1. The molecule has 21 heavy (non-hydrogen) atoms. The summed E-state index contributed by atoms with van der Waals surface area (Å²) in [6, 6.07) is 4.83. The quantitative estimate of drug-likeness (QED) is 0.810. The first-order valence-corrected chi connectivity index (χ1v) is 6.27. The second kappa shape index (κ2) is 6.17. The third-order valence-corrected chi connectivity index (χ3v) is 2.90. The van der Waals surface area contributed by atoms with E-state index in [4.69, 9.17) is 19.7 Å². The minimum absolute atomic E-state index is 0.230. The van der Waals surface area contributed by atoms with Crippen LogP contribution in [0.15, 0.2) is 22.7 Å². The number of nitrogens with one attached hydrogen (secondary N) is 1. The van der Waals surface area contributed by atoms with Gasteiger partial charge in [-0.2, -0.15) is 0 Å². The summed E-state index contributed by atoms with van der Waals surface area (Å²) in [4.78, 5) is 12.2. The molecule has 7 heteroatoms. The zero-order valence-corrected chi connectivity index (χ0v) is 12.1. The largest absolute Gasteiger partial charge is 0.493 e. The molecule has 1 amide bonds. The van der Waals surface area contributed by atoms with Crippen molar-refractivity contribution in [3.8, 4) is 11.5 Å². The van der Waals surface area contributed by atoms with E-state index in [-0.39, 0.29) is 12.5 Å². The summed E-state index contributed by atoms with van der Waals surface area (Å²) in [7, 11) is 3.00. The number of nitrogens with two attached hydrogens (primary N) is 1. The second-order valence-corrected chi connectivity index (χ2v) is 4.41. The van der Waals surface area contributed by atoms with Crippen LogP contribution in [0.1, 0.15) is 21.8 Å². The molecule has 0 spiro atoms. The number of carbonyl (C=O) groups excluding carboxylic acids is 1. The molecule has 1 aromatic carbocycles. The van der Waals surface area contributed by atoms with E-state index in [0.29, 0.717) is 28.5 Å². The Morgan fingerprint density at radius 1 is 1.29 bits per heavy atom. The fourth-order valence-corrected chi connectivity index (χ4v) is 1.85. The van der Waals surface area contributed by atoms with Crippen LogP contribution < -0.4 is 20.5 Å². The van der Waals surface area contributed by atoms with Crippen molar-refractivity contribution in [3.05, 3.63) is 35.2 Å². The highest BCUT2D eigenvalue weighted by Crippen LogP contribution is 2.31. The smallest absolute Gasteiger partial charge is 0.253 e. The molecular weight excluding hydrogens is 274 g/mol. The van der Waals surface area contributed by atoms with Crippen LogP contribution in [0, 0.1) is 6.92 Å². The number of hydrogen-bond acceptors (Lipinski definition) is 6. The van der Waals surface area contributed by atoms with Crippen molar-refractivity contribution < 1.29 is 18.8 Å². The molecule has 0 aliphatic heterocycles. The average molecular weight is 291 g/mol. The maximum Gasteiger partial charge on any atom is 0.253 e. The molecule has 7 nitrogen and oxygen atoms in total. The first-order chi connectivity index (χ1) is 10.0. The molecule has 2 aromatic rings. The van der Waals surface area contributed by atoms with Gasteiger partial charge in [0.1, 0.15) is 0 Å². The highest BCUT2D eigenvalue weighted by Gasteiger charge is 2.15. The Bertz CT molecular complexity index is 652. The summed E-state index contributed by atoms with van der Waals surface area (Å²) in [5.74, 6) is 1.15. The average Bonchev–Trinajstić information content (AvgIpc) is 2.90. The standard InChI is InChI=1S/C14H17N3O4/c1-8-4-9(21-17-8)7-16-14(18)10-5-12(19-2)13(20-3)6-11(10)15/h4-6H,7,15H2,1-3H3,(H,16,18). The first kappa shape index (κ1) is 14.7. The summed E-state index contributed by atoms with van der Waals surface area (Å²) >= 11 is 0. The lowest BCUT2D eigenvalue weighted by molar-refractivity contribution is 0.0947. The molecular formula is C14H17N3O4. The van der Waals surface area contributed by atoms with Gasteiger partial charge in [0.15, 0.2) is 17.3 Å². The van der Waals surface area contributed by atoms with Crippen LogP contribution in [0.25, 0.3) is 0 Å². The van der Waals surface area contributed by atoms with Crippen LogP contribution in [0.2, 0.25) is 0 Å². The van der Waals surface area contributed by atoms with Gasteiger partial charge in [-0.05, 0) is 13.0 Å². The van der Waals surface area contributed by atoms with Crippen LogP contribution >= 0.6 is 0 Å². The summed E-state index contributed by atoms with van der Waals surface area (Å²) in [6.45, 7) is 2.04. The zero-order valence-electron chi connectivity index (χ0n) is 12.1. The number of aryl methyl sites for hydroxylation is 1. The Balaban J connectivity index is 2.15. The fourth-order valence-electron chi connectivity index (χ4n) is 1.85. The molecule has 0 saturated heterocycles. The van der Waals surface area contributed by atoms with Gasteiger partial charge in [0, 0.05) is 17.8 Å². The molecule has 0 saturated carbocycles. The Morgan fingerprint density at radius 3 is 2.52 bits per heavy atom. The van der Waals surface area contributed by atoms with E-state index in [1.165, 1.54) is 20.3 Å². The number of anilines is 1. The van der Waals surface area contributed by atoms with E-state index in [9.17, 15) is 4.79 Å². The van der Waals surface area contributed by atoms with Crippen LogP contribution in [0.5, 0.6) is 11.5 Å². The molecule has 3 N–H and O–H groups in total. The topological polar surface area (TPSA) is 99.6 Å². The first-order valence-electron chi connectivity index (χ1n) is 6.27. The number of ether oxygens (including phenoxy) is 2. The number of nitrogens with zero attached hydrogens (tertiary/aromatic N) is 1. The predicted molar refractivity (Wildman–Crippen MR) is 76.4 cm³/mol. The van der Waals surface area contributed by atoms with Gasteiger partial charge >= 0.3 is 0 Å². The van der Waals surface area contributed by atoms with Gasteiger partial charge in [0.25, 0.3) is 5.91 Å². The summed E-state index contributed by atoms with van der Waals surface area (Å²) in [5, 5.41) is 6.46. The Labute approximate surface area is 122 Å². The number of hydrogen-bond donors (Lipinski definition) is 2. The molecule has 0 aliphatic carbocycles. The van der Waals surface area contributed by atoms with Gasteiger partial charge in [-0.1, -0.05) is 5.16 Å². The minimum atomic E-state index is -0.331. The number of benzene rings is 1. The molecule has 0 radical (unpaired) electrons. The summed E-state index contributed by atoms with van der Waals surface area (Å²) in [5.41, 5.74) is 7.23. The van der Waals surface area contributed by atoms with Crippen molar-refractivity contribution in [2.45, 2.75) is 13.5 Å². The van der Waals surface area contributed by atoms with Gasteiger partial charge in [-0.3, -0.25) is 4.79 Å². The Morgan fingerprint density at radius 2 is 1.95 bits per heavy atom. The highest BCUT2D eigenvalue weighted by atomic mass is 16.5. The van der Waals surface area contributed by atoms with E-state index in [2.05, 4.69) is 10.5 Å². The van der Waals surface area contributed by atoms with Crippen molar-refractivity contribution in [2.75, 3.05) is 20.0 Å². The maximum atomic E-state index is 12.2. The minimum Gasteiger partial charge on any atom is -0.493 e. The van der Waals surface area contributed by atoms with Gasteiger partial charge in [-0.15, -0.1) is 0 Å². The normalized spacial score (nSPS) is 10.2. The maximum absolute atomic E-state index is 12.2. The van der Waals surface area contributed by atoms with E-state index >= 15 is 0 Å². The lowest BCUT2D eigenvalue weighted by Gasteiger charge is -2.12. The molecule has 0 atom stereocenters. The molecule has 0 bridgehead atoms. The van der Waals surface area contributed by atoms with E-state index < -0.39 is 0 Å². The zero-order chi connectivity index (χ0) is 15.4. The van der Waals surface area contributed by atoms with E-state index in [1.807, 2.05) is 0 Å². The van der Waals surface area contributed by atoms with Crippen molar-refractivity contribution in [3.63, 3.8) is 0 Å². The monoisotopic (exact) mass is 291 g/mol. The van der Waals surface area contributed by atoms with E-state index in [0.717, 1.165) is 5.69 Å². The third-order valence-electron chi connectivity index (χ3n) is 2.90. The molecule has 2 rings (SSSR count). The fraction of sp³-hybridized carbons (Fsp3) is 0.286. The van der Waals surface area contributed by atoms with Crippen LogP contribution in [-0.4, -0.2) is 25.3 Å². The summed E-state index contributed by atoms with van der Waals surface area (Å²) in [6.07, 6.45) is 0. The number of carbonyl (C=O) groups is 1. The Kier molecular flexibility index (Phi) is 4.32. The second-order valence-electron chi connectivity index (χ2n) is 4.41. The number of amides is 1. The van der Waals surface area contributed by atoms with Crippen molar-refractivity contribution >= 4 is 11.6 Å². The summed E-state index contributed by atoms with van der Waals surface area (Å²) < 4.78 is 15.3. The molecule has 1 aromatic heterocycles. The highest BCUT2D eigenvalue weighted by molar-refractivity contribution is 6.00. The molecule has 0 fully saturated rings. The van der Waals surface area contributed by atoms with Crippen molar-refractivity contribution in [1.29, 1.82) is 0 Å². The van der Waals surface area contributed by atoms with Gasteiger partial charge < -0.3 is 25.0 Å².